The van der Waals surface area contributed by atoms with Crippen LogP contribution in [-0.2, 0) is 6.54 Å². The highest BCUT2D eigenvalue weighted by Crippen LogP contribution is 2.19. The summed E-state index contributed by atoms with van der Waals surface area (Å²) in [7, 11) is 0. The molecule has 20 heavy (non-hydrogen) atoms. The molecule has 102 valence electrons. The van der Waals surface area contributed by atoms with Crippen LogP contribution in [0.5, 0.6) is 0 Å². The highest BCUT2D eigenvalue weighted by Gasteiger charge is 2.08. The summed E-state index contributed by atoms with van der Waals surface area (Å²) < 4.78 is 15.6. The molecular weight excluding hydrogens is 297 g/mol. The largest absolute Gasteiger partial charge is 0.329 e. The zero-order valence-corrected chi connectivity index (χ0v) is 12.2. The molecular formula is C14H11ClFN3S. The predicted molar refractivity (Wildman–Crippen MR) is 80.2 cm³/mol. The average Bonchev–Trinajstić information content (AvgIpc) is 2.69. The number of hydrogen-bond acceptors (Lipinski definition) is 2. The Bertz CT molecular complexity index is 853. The van der Waals surface area contributed by atoms with Crippen LogP contribution in [0.3, 0.4) is 0 Å². The van der Waals surface area contributed by atoms with Crippen LogP contribution in [0.15, 0.2) is 30.5 Å². The van der Waals surface area contributed by atoms with Gasteiger partial charge in [-0.3, -0.25) is 4.57 Å². The van der Waals surface area contributed by atoms with Crippen molar-refractivity contribution in [2.75, 3.05) is 0 Å². The van der Waals surface area contributed by atoms with Crippen LogP contribution in [0.4, 0.5) is 4.39 Å². The van der Waals surface area contributed by atoms with Crippen LogP contribution in [0, 0.1) is 17.5 Å². The Morgan fingerprint density at radius 1 is 1.40 bits per heavy atom. The smallest absolute Gasteiger partial charge is 0.179 e. The fraction of sp³-hybridized carbons (Fsp3) is 0.143. The molecule has 0 saturated heterocycles. The first-order valence-electron chi connectivity index (χ1n) is 6.03. The van der Waals surface area contributed by atoms with Gasteiger partial charge in [-0.1, -0.05) is 17.7 Å². The Hall–Kier alpha value is -1.72. The molecule has 2 heterocycles. The van der Waals surface area contributed by atoms with E-state index in [4.69, 9.17) is 23.8 Å². The Labute approximate surface area is 125 Å². The van der Waals surface area contributed by atoms with Gasteiger partial charge in [0.15, 0.2) is 10.4 Å². The van der Waals surface area contributed by atoms with E-state index in [0.717, 1.165) is 22.3 Å². The van der Waals surface area contributed by atoms with E-state index in [1.807, 2.05) is 17.6 Å². The topological polar surface area (TPSA) is 33.6 Å². The molecule has 6 heteroatoms. The molecule has 2 aromatic heterocycles. The zero-order valence-electron chi connectivity index (χ0n) is 10.7. The molecule has 0 aliphatic rings. The number of pyridine rings is 1. The first-order valence-corrected chi connectivity index (χ1v) is 6.82. The second kappa shape index (κ2) is 5.00. The summed E-state index contributed by atoms with van der Waals surface area (Å²) in [4.78, 5) is 7.52. The van der Waals surface area contributed by atoms with Gasteiger partial charge in [-0.05, 0) is 48.5 Å². The van der Waals surface area contributed by atoms with Crippen molar-refractivity contribution >= 4 is 35.0 Å². The van der Waals surface area contributed by atoms with E-state index in [9.17, 15) is 4.39 Å². The van der Waals surface area contributed by atoms with Gasteiger partial charge in [0.05, 0.1) is 17.1 Å². The van der Waals surface area contributed by atoms with Crippen molar-refractivity contribution in [3.05, 3.63) is 57.2 Å². The summed E-state index contributed by atoms with van der Waals surface area (Å²) in [6.07, 6.45) is 1.79. The van der Waals surface area contributed by atoms with E-state index in [0.29, 0.717) is 11.3 Å². The summed E-state index contributed by atoms with van der Waals surface area (Å²) in [5.41, 5.74) is 3.60. The third-order valence-corrected chi connectivity index (χ3v) is 3.68. The maximum absolute atomic E-state index is 13.2. The van der Waals surface area contributed by atoms with E-state index in [1.54, 1.807) is 18.3 Å². The Morgan fingerprint density at radius 2 is 2.20 bits per heavy atom. The predicted octanol–water partition coefficient (Wildman–Crippen LogP) is 4.24. The summed E-state index contributed by atoms with van der Waals surface area (Å²) in [6.45, 7) is 2.47. The summed E-state index contributed by atoms with van der Waals surface area (Å²) >= 11 is 11.1. The Morgan fingerprint density at radius 3 is 2.95 bits per heavy atom. The van der Waals surface area contributed by atoms with Crippen molar-refractivity contribution in [1.82, 2.24) is 14.5 Å². The average molecular weight is 308 g/mol. The molecule has 0 radical (unpaired) electrons. The van der Waals surface area contributed by atoms with Crippen LogP contribution in [0.1, 0.15) is 11.1 Å². The van der Waals surface area contributed by atoms with Crippen molar-refractivity contribution < 1.29 is 4.39 Å². The van der Waals surface area contributed by atoms with Gasteiger partial charge in [0.2, 0.25) is 0 Å². The number of imidazole rings is 1. The quantitative estimate of drug-likeness (QED) is 0.718. The number of hydrogen-bond donors (Lipinski definition) is 1. The summed E-state index contributed by atoms with van der Waals surface area (Å²) in [6, 6.07) is 6.64. The molecule has 0 amide bonds. The van der Waals surface area contributed by atoms with Gasteiger partial charge in [0.1, 0.15) is 5.82 Å². The molecule has 0 bridgehead atoms. The zero-order chi connectivity index (χ0) is 14.3. The van der Waals surface area contributed by atoms with Gasteiger partial charge in [0.25, 0.3) is 0 Å². The molecule has 1 N–H and O–H groups in total. The van der Waals surface area contributed by atoms with E-state index in [1.165, 1.54) is 6.07 Å². The Kier molecular flexibility index (Phi) is 3.31. The maximum atomic E-state index is 13.2. The monoisotopic (exact) mass is 307 g/mol. The third kappa shape index (κ3) is 2.34. The molecule has 3 nitrogen and oxygen atoms in total. The van der Waals surface area contributed by atoms with Crippen molar-refractivity contribution in [2.45, 2.75) is 13.5 Å². The number of aromatic amines is 1. The molecule has 0 aliphatic carbocycles. The molecule has 0 saturated carbocycles. The first kappa shape index (κ1) is 13.3. The number of aryl methyl sites for hydroxylation is 1. The summed E-state index contributed by atoms with van der Waals surface area (Å²) in [5.74, 6) is -0.424. The third-order valence-electron chi connectivity index (χ3n) is 3.07. The van der Waals surface area contributed by atoms with E-state index in [2.05, 4.69) is 9.97 Å². The van der Waals surface area contributed by atoms with Crippen molar-refractivity contribution in [3.8, 4) is 0 Å². The van der Waals surface area contributed by atoms with Gasteiger partial charge in [-0.25, -0.2) is 9.37 Å². The molecule has 0 fully saturated rings. The number of fused-ring (bicyclic) bond motifs is 1. The lowest BCUT2D eigenvalue weighted by molar-refractivity contribution is 0.627. The van der Waals surface area contributed by atoms with Crippen molar-refractivity contribution in [3.63, 3.8) is 0 Å². The van der Waals surface area contributed by atoms with Gasteiger partial charge in [-0.15, -0.1) is 0 Å². The van der Waals surface area contributed by atoms with Crippen LogP contribution >= 0.6 is 23.8 Å². The van der Waals surface area contributed by atoms with Crippen molar-refractivity contribution in [1.29, 1.82) is 0 Å². The minimum absolute atomic E-state index is 0.109. The fourth-order valence-corrected chi connectivity index (χ4v) is 2.58. The number of aromatic nitrogens is 3. The van der Waals surface area contributed by atoms with Crippen LogP contribution < -0.4 is 0 Å². The number of nitrogens with zero attached hydrogens (tertiary/aromatic N) is 2. The van der Waals surface area contributed by atoms with E-state index < -0.39 is 5.82 Å². The lowest BCUT2D eigenvalue weighted by Crippen LogP contribution is -2.01. The molecule has 3 rings (SSSR count). The molecule has 0 aliphatic heterocycles. The van der Waals surface area contributed by atoms with Crippen LogP contribution in [-0.4, -0.2) is 14.5 Å². The van der Waals surface area contributed by atoms with Gasteiger partial charge in [0, 0.05) is 6.20 Å². The van der Waals surface area contributed by atoms with Crippen LogP contribution in [0.25, 0.3) is 11.2 Å². The molecule has 0 atom stereocenters. The normalized spacial score (nSPS) is 11.2. The molecule has 3 aromatic rings. The lowest BCUT2D eigenvalue weighted by Gasteiger charge is -2.05. The lowest BCUT2D eigenvalue weighted by atomic mass is 10.2. The number of rotatable bonds is 2. The number of nitrogens with one attached hydrogen (secondary N) is 1. The number of benzene rings is 1. The molecule has 0 unspecified atom stereocenters. The summed E-state index contributed by atoms with van der Waals surface area (Å²) in [5, 5.41) is 0.109. The maximum Gasteiger partial charge on any atom is 0.179 e. The van der Waals surface area contributed by atoms with Crippen molar-refractivity contribution in [2.24, 2.45) is 0 Å². The van der Waals surface area contributed by atoms with Gasteiger partial charge >= 0.3 is 0 Å². The second-order valence-corrected chi connectivity index (χ2v) is 5.44. The highest BCUT2D eigenvalue weighted by atomic mass is 35.5. The van der Waals surface area contributed by atoms with Gasteiger partial charge in [-0.2, -0.15) is 0 Å². The van der Waals surface area contributed by atoms with E-state index in [-0.39, 0.29) is 5.02 Å². The Balaban J connectivity index is 2.08. The second-order valence-electron chi connectivity index (χ2n) is 4.65. The highest BCUT2D eigenvalue weighted by molar-refractivity contribution is 7.71. The number of H-pyrrole nitrogens is 1. The fourth-order valence-electron chi connectivity index (χ4n) is 2.12. The number of halogens is 2. The minimum Gasteiger partial charge on any atom is -0.329 e. The van der Waals surface area contributed by atoms with E-state index >= 15 is 0 Å². The molecule has 1 aromatic carbocycles. The SMILES string of the molecule is Cc1cnc2c(c1)[nH]c(=S)n2Cc1ccc(F)c(Cl)c1. The molecule has 0 spiro atoms. The van der Waals surface area contributed by atoms with Crippen LogP contribution in [0.2, 0.25) is 5.02 Å². The standard InChI is InChI=1S/C14H11ClFN3S/c1-8-4-12-13(17-6-8)19(14(20)18-12)7-9-2-3-11(16)10(15)5-9/h2-6H,7H2,1H3,(H,18,20). The van der Waals surface area contributed by atoms with Gasteiger partial charge < -0.3 is 4.98 Å². The first-order chi connectivity index (χ1) is 9.54. The minimum atomic E-state index is -0.424.